The van der Waals surface area contributed by atoms with Crippen molar-refractivity contribution in [2.75, 3.05) is 7.05 Å². The fraction of sp³-hybridized carbons (Fsp3) is 0.429. The minimum Gasteiger partial charge on any atom is -0.432 e. The molecule has 5 nitrogen and oxygen atoms in total. The van der Waals surface area contributed by atoms with E-state index in [1.54, 1.807) is 0 Å². The van der Waals surface area contributed by atoms with E-state index in [-0.39, 0.29) is 6.42 Å². The normalized spacial score (nSPS) is 25.7. The van der Waals surface area contributed by atoms with Crippen molar-refractivity contribution in [3.63, 3.8) is 0 Å². The Morgan fingerprint density at radius 1 is 1.75 bits per heavy atom. The van der Waals surface area contributed by atoms with Crippen molar-refractivity contribution in [3.8, 4) is 0 Å². The van der Waals surface area contributed by atoms with Gasteiger partial charge in [0.2, 0.25) is 12.7 Å². The van der Waals surface area contributed by atoms with Crippen molar-refractivity contribution in [2.24, 2.45) is 0 Å². The highest BCUT2D eigenvalue weighted by atomic mass is 16.6. The number of hydrogen-bond acceptors (Lipinski definition) is 4. The van der Waals surface area contributed by atoms with E-state index >= 15 is 0 Å². The molecule has 1 atom stereocenters. The number of cyclic esters (lactones) is 1. The molecular weight excluding hydrogens is 162 g/mol. The van der Waals surface area contributed by atoms with Crippen LogP contribution in [0.25, 0.3) is 0 Å². The van der Waals surface area contributed by atoms with Crippen LogP contribution in [0, 0.1) is 0 Å². The Kier molecular flexibility index (Phi) is 2.44. The monoisotopic (exact) mass is 171 g/mol. The predicted octanol–water partition coefficient (Wildman–Crippen LogP) is -0.776. The van der Waals surface area contributed by atoms with Crippen LogP contribution in [-0.2, 0) is 14.3 Å². The highest BCUT2D eigenvalue weighted by Gasteiger charge is 2.27. The lowest BCUT2D eigenvalue weighted by Crippen LogP contribution is -2.09. The van der Waals surface area contributed by atoms with E-state index in [1.807, 2.05) is 0 Å². The van der Waals surface area contributed by atoms with Crippen LogP contribution in [0.2, 0.25) is 0 Å². The molecule has 1 rings (SSSR count). The van der Waals surface area contributed by atoms with Crippen LogP contribution in [0.5, 0.6) is 0 Å². The van der Waals surface area contributed by atoms with Crippen molar-refractivity contribution in [1.29, 1.82) is 0 Å². The maximum atomic E-state index is 10.8. The van der Waals surface area contributed by atoms with Crippen LogP contribution in [0.1, 0.15) is 6.42 Å². The Hall–Kier alpha value is -1.36. The van der Waals surface area contributed by atoms with Gasteiger partial charge in [0.1, 0.15) is 0 Å². The van der Waals surface area contributed by atoms with Gasteiger partial charge in [-0.05, 0) is 0 Å². The molecule has 0 radical (unpaired) electrons. The number of nitrogens with zero attached hydrogens (tertiary/aromatic N) is 1. The second kappa shape index (κ2) is 3.36. The number of aliphatic hydroxyl groups is 1. The molecule has 1 amide bonds. The van der Waals surface area contributed by atoms with Gasteiger partial charge in [-0.25, -0.2) is 4.79 Å². The van der Waals surface area contributed by atoms with Gasteiger partial charge in [0.15, 0.2) is 0 Å². The summed E-state index contributed by atoms with van der Waals surface area (Å²) in [4.78, 5) is 22.2. The highest BCUT2D eigenvalue weighted by Crippen LogP contribution is 2.18. The largest absolute Gasteiger partial charge is 0.432 e. The summed E-state index contributed by atoms with van der Waals surface area (Å²) < 4.78 is 4.42. The summed E-state index contributed by atoms with van der Waals surface area (Å²) in [5, 5.41) is 8.86. The average molecular weight is 171 g/mol. The quantitative estimate of drug-likeness (QED) is 0.336. The van der Waals surface area contributed by atoms with Gasteiger partial charge in [-0.15, -0.1) is 0 Å². The number of carbonyl (C=O) groups excluding carboxylic acids is 2. The Morgan fingerprint density at radius 2 is 2.42 bits per heavy atom. The zero-order valence-corrected chi connectivity index (χ0v) is 6.56. The molecule has 1 heterocycles. The molecule has 0 aliphatic carbocycles. The number of rotatable bonds is 2. The molecule has 0 aromatic rings. The van der Waals surface area contributed by atoms with Crippen molar-refractivity contribution in [3.05, 3.63) is 11.8 Å². The van der Waals surface area contributed by atoms with Gasteiger partial charge in [-0.3, -0.25) is 4.79 Å². The third kappa shape index (κ3) is 1.82. The predicted molar refractivity (Wildman–Crippen MR) is 38.6 cm³/mol. The first-order valence-electron chi connectivity index (χ1n) is 3.40. The Balaban J connectivity index is 2.69. The van der Waals surface area contributed by atoms with E-state index in [1.165, 1.54) is 18.1 Å². The summed E-state index contributed by atoms with van der Waals surface area (Å²) in [5.41, 5.74) is 0.303. The second-order valence-electron chi connectivity index (χ2n) is 2.49. The molecule has 66 valence electrons. The zero-order valence-electron chi connectivity index (χ0n) is 6.56. The van der Waals surface area contributed by atoms with Crippen molar-refractivity contribution in [1.82, 2.24) is 4.90 Å². The van der Waals surface area contributed by atoms with E-state index in [0.717, 1.165) is 0 Å². The molecule has 0 unspecified atom stereocenters. The maximum absolute atomic E-state index is 10.8. The standard InChI is InChI=1S/C7H9NO4/c1-8(4-9)3-5-2-6(10)12-7(5)11/h3-4,6,10H,2H2,1H3/b5-3-/t6-/m1/s1. The molecular formula is C7H9NO4. The lowest BCUT2D eigenvalue weighted by atomic mass is 10.2. The summed E-state index contributed by atoms with van der Waals surface area (Å²) in [6.45, 7) is 0. The van der Waals surface area contributed by atoms with Crippen molar-refractivity contribution < 1.29 is 19.4 Å². The number of ether oxygens (including phenoxy) is 1. The SMILES string of the molecule is CN(C=O)/C=C1/C[C@H](O)OC1=O. The smallest absolute Gasteiger partial charge is 0.338 e. The molecule has 0 bridgehead atoms. The third-order valence-electron chi connectivity index (χ3n) is 1.43. The highest BCUT2D eigenvalue weighted by molar-refractivity contribution is 5.90. The van der Waals surface area contributed by atoms with Gasteiger partial charge in [0.05, 0.1) is 5.57 Å². The molecule has 1 fully saturated rings. The first kappa shape index (κ1) is 8.73. The van der Waals surface area contributed by atoms with Crippen LogP contribution < -0.4 is 0 Å². The summed E-state index contributed by atoms with van der Waals surface area (Å²) in [6.07, 6.45) is 0.969. The molecule has 1 saturated heterocycles. The molecule has 0 aromatic carbocycles. The van der Waals surface area contributed by atoms with E-state index in [2.05, 4.69) is 4.74 Å². The summed E-state index contributed by atoms with van der Waals surface area (Å²) in [5.74, 6) is -0.573. The Morgan fingerprint density at radius 3 is 2.83 bits per heavy atom. The molecule has 5 heteroatoms. The third-order valence-corrected chi connectivity index (χ3v) is 1.43. The van der Waals surface area contributed by atoms with Crippen molar-refractivity contribution in [2.45, 2.75) is 12.7 Å². The lowest BCUT2D eigenvalue weighted by Gasteiger charge is -2.01. The number of hydrogen-bond donors (Lipinski definition) is 1. The van der Waals surface area contributed by atoms with Crippen LogP contribution in [0.3, 0.4) is 0 Å². The molecule has 1 aliphatic heterocycles. The van der Waals surface area contributed by atoms with E-state index in [4.69, 9.17) is 5.11 Å². The minimum atomic E-state index is -1.07. The molecule has 12 heavy (non-hydrogen) atoms. The first-order valence-corrected chi connectivity index (χ1v) is 3.40. The fourth-order valence-corrected chi connectivity index (χ4v) is 0.894. The molecule has 1 aliphatic rings. The number of carbonyl (C=O) groups is 2. The maximum Gasteiger partial charge on any atom is 0.338 e. The summed E-state index contributed by atoms with van der Waals surface area (Å²) in [6, 6.07) is 0. The first-order chi connectivity index (χ1) is 5.63. The van der Waals surface area contributed by atoms with E-state index in [9.17, 15) is 9.59 Å². The molecule has 0 saturated carbocycles. The van der Waals surface area contributed by atoms with Gasteiger partial charge in [0.25, 0.3) is 0 Å². The topological polar surface area (TPSA) is 66.8 Å². The second-order valence-corrected chi connectivity index (χ2v) is 2.49. The zero-order chi connectivity index (χ0) is 9.14. The summed E-state index contributed by atoms with van der Waals surface area (Å²) in [7, 11) is 1.50. The number of esters is 1. The average Bonchev–Trinajstić information content (AvgIpc) is 2.30. The van der Waals surface area contributed by atoms with Gasteiger partial charge in [-0.1, -0.05) is 0 Å². The Bertz CT molecular complexity index is 236. The summed E-state index contributed by atoms with van der Waals surface area (Å²) >= 11 is 0. The van der Waals surface area contributed by atoms with Gasteiger partial charge >= 0.3 is 5.97 Å². The van der Waals surface area contributed by atoms with Crippen LogP contribution in [0.4, 0.5) is 0 Å². The van der Waals surface area contributed by atoms with Gasteiger partial charge in [0, 0.05) is 19.7 Å². The number of amides is 1. The minimum absolute atomic E-state index is 0.136. The van der Waals surface area contributed by atoms with Gasteiger partial charge < -0.3 is 14.7 Å². The van der Waals surface area contributed by atoms with Crippen LogP contribution in [-0.4, -0.2) is 35.7 Å². The van der Waals surface area contributed by atoms with Gasteiger partial charge in [-0.2, -0.15) is 0 Å². The van der Waals surface area contributed by atoms with Crippen LogP contribution in [0.15, 0.2) is 11.8 Å². The van der Waals surface area contributed by atoms with Crippen LogP contribution >= 0.6 is 0 Å². The number of aliphatic hydroxyl groups excluding tert-OH is 1. The fourth-order valence-electron chi connectivity index (χ4n) is 0.894. The lowest BCUT2D eigenvalue weighted by molar-refractivity contribution is -0.152. The van der Waals surface area contributed by atoms with E-state index in [0.29, 0.717) is 12.0 Å². The molecule has 1 N–H and O–H groups in total. The van der Waals surface area contributed by atoms with E-state index < -0.39 is 12.3 Å². The molecule has 0 aromatic heterocycles. The van der Waals surface area contributed by atoms with Crippen molar-refractivity contribution >= 4 is 12.4 Å². The molecule has 0 spiro atoms. The Labute approximate surface area is 69.2 Å².